The highest BCUT2D eigenvalue weighted by molar-refractivity contribution is 4.89. The second-order valence-corrected chi connectivity index (χ2v) is 2.62. The van der Waals surface area contributed by atoms with Crippen molar-refractivity contribution in [1.82, 2.24) is 0 Å². The minimum Gasteiger partial charge on any atom is -0.378 e. The molecule has 0 saturated heterocycles. The third-order valence-electron chi connectivity index (χ3n) is 1.98. The summed E-state index contributed by atoms with van der Waals surface area (Å²) in [5, 5.41) is 17.3. The molecule has 0 aromatic carbocycles. The number of hydrogen-bond acceptors (Lipinski definition) is 2. The summed E-state index contributed by atoms with van der Waals surface area (Å²) in [7, 11) is 0. The quantitative estimate of drug-likeness (QED) is 0.532. The third-order valence-corrected chi connectivity index (χ3v) is 1.98. The normalized spacial score (nSPS) is 23.6. The van der Waals surface area contributed by atoms with Crippen LogP contribution in [-0.4, -0.2) is 11.2 Å². The number of aliphatic hydroxyl groups excluding tert-OH is 1. The lowest BCUT2D eigenvalue weighted by atomic mass is 10.0. The molecule has 9 heavy (non-hydrogen) atoms. The highest BCUT2D eigenvalue weighted by Gasteiger charge is 2.22. The lowest BCUT2D eigenvalue weighted by Crippen LogP contribution is -2.14. The van der Waals surface area contributed by atoms with Gasteiger partial charge in [-0.05, 0) is 18.8 Å². The van der Waals surface area contributed by atoms with Gasteiger partial charge in [0.2, 0.25) is 0 Å². The van der Waals surface area contributed by atoms with Crippen molar-refractivity contribution in [3.05, 3.63) is 0 Å². The van der Waals surface area contributed by atoms with Crippen LogP contribution in [0.1, 0.15) is 25.7 Å². The lowest BCUT2D eigenvalue weighted by molar-refractivity contribution is 0.162. The van der Waals surface area contributed by atoms with Crippen LogP contribution in [0.2, 0.25) is 0 Å². The zero-order valence-corrected chi connectivity index (χ0v) is 5.38. The smallest absolute Gasteiger partial charge is 0.143 e. The van der Waals surface area contributed by atoms with Crippen LogP contribution in [-0.2, 0) is 0 Å². The summed E-state index contributed by atoms with van der Waals surface area (Å²) in [5.41, 5.74) is 0. The molecule has 0 spiro atoms. The van der Waals surface area contributed by atoms with Crippen molar-refractivity contribution in [3.63, 3.8) is 0 Å². The van der Waals surface area contributed by atoms with Crippen LogP contribution >= 0.6 is 0 Å². The number of aliphatic hydroxyl groups is 1. The molecule has 0 amide bonds. The van der Waals surface area contributed by atoms with Crippen molar-refractivity contribution >= 4 is 0 Å². The topological polar surface area (TPSA) is 44.0 Å². The maximum absolute atomic E-state index is 9.00. The molecule has 1 saturated carbocycles. The van der Waals surface area contributed by atoms with Crippen molar-refractivity contribution in [2.45, 2.75) is 31.8 Å². The van der Waals surface area contributed by atoms with Crippen LogP contribution < -0.4 is 0 Å². The van der Waals surface area contributed by atoms with Gasteiger partial charge in [-0.15, -0.1) is 0 Å². The zero-order chi connectivity index (χ0) is 6.69. The first kappa shape index (κ1) is 6.57. The van der Waals surface area contributed by atoms with Crippen LogP contribution in [0, 0.1) is 17.2 Å². The molecule has 1 atom stereocenters. The van der Waals surface area contributed by atoms with Gasteiger partial charge in [0, 0.05) is 0 Å². The Bertz CT molecular complexity index is 121. The Morgan fingerprint density at radius 3 is 2.44 bits per heavy atom. The first-order valence-corrected chi connectivity index (χ1v) is 3.42. The van der Waals surface area contributed by atoms with Crippen LogP contribution in [0.4, 0.5) is 0 Å². The van der Waals surface area contributed by atoms with E-state index in [0.717, 1.165) is 12.8 Å². The molecule has 1 aliphatic rings. The summed E-state index contributed by atoms with van der Waals surface area (Å²) in [5.74, 6) is 0.273. The van der Waals surface area contributed by atoms with Gasteiger partial charge in [-0.25, -0.2) is 0 Å². The van der Waals surface area contributed by atoms with Crippen LogP contribution in [0.3, 0.4) is 0 Å². The third kappa shape index (κ3) is 1.43. The van der Waals surface area contributed by atoms with E-state index in [4.69, 9.17) is 10.4 Å². The van der Waals surface area contributed by atoms with E-state index in [9.17, 15) is 0 Å². The Morgan fingerprint density at radius 2 is 2.00 bits per heavy atom. The number of nitrogens with zero attached hydrogens (tertiary/aromatic N) is 1. The molecule has 2 nitrogen and oxygen atoms in total. The van der Waals surface area contributed by atoms with E-state index in [1.165, 1.54) is 12.8 Å². The molecular weight excluding hydrogens is 114 g/mol. The van der Waals surface area contributed by atoms with Gasteiger partial charge in [0.25, 0.3) is 0 Å². The maximum atomic E-state index is 9.00. The monoisotopic (exact) mass is 125 g/mol. The fourth-order valence-electron chi connectivity index (χ4n) is 1.38. The molecule has 0 unspecified atom stereocenters. The molecule has 0 bridgehead atoms. The van der Waals surface area contributed by atoms with Crippen LogP contribution in [0.15, 0.2) is 0 Å². The molecule has 1 aliphatic carbocycles. The Balaban J connectivity index is 2.34. The van der Waals surface area contributed by atoms with E-state index in [2.05, 4.69) is 0 Å². The van der Waals surface area contributed by atoms with Gasteiger partial charge >= 0.3 is 0 Å². The summed E-state index contributed by atoms with van der Waals surface area (Å²) in [6.45, 7) is 0. The molecule has 1 rings (SSSR count). The summed E-state index contributed by atoms with van der Waals surface area (Å²) in [6, 6.07) is 1.86. The minimum atomic E-state index is -0.701. The second kappa shape index (κ2) is 2.84. The molecule has 0 aromatic heterocycles. The standard InChI is InChI=1S/C7H11NO/c8-5-7(9)6-3-1-2-4-6/h6-7,9H,1-4H2/t7-/m0/s1. The predicted molar refractivity (Wildman–Crippen MR) is 33.6 cm³/mol. The number of rotatable bonds is 1. The Kier molecular flexibility index (Phi) is 2.07. The first-order valence-electron chi connectivity index (χ1n) is 3.42. The highest BCUT2D eigenvalue weighted by Crippen LogP contribution is 2.27. The largest absolute Gasteiger partial charge is 0.378 e. The van der Waals surface area contributed by atoms with Gasteiger partial charge < -0.3 is 5.11 Å². The molecule has 0 heterocycles. The van der Waals surface area contributed by atoms with Gasteiger partial charge in [-0.2, -0.15) is 5.26 Å². The van der Waals surface area contributed by atoms with E-state index < -0.39 is 6.10 Å². The molecule has 0 aliphatic heterocycles. The summed E-state index contributed by atoms with van der Waals surface area (Å²) >= 11 is 0. The van der Waals surface area contributed by atoms with E-state index >= 15 is 0 Å². The van der Waals surface area contributed by atoms with Crippen molar-refractivity contribution in [2.24, 2.45) is 5.92 Å². The first-order chi connectivity index (χ1) is 4.34. The fourth-order valence-corrected chi connectivity index (χ4v) is 1.38. The van der Waals surface area contributed by atoms with Gasteiger partial charge in [-0.3, -0.25) is 0 Å². The average Bonchev–Trinajstić information content (AvgIpc) is 2.37. The van der Waals surface area contributed by atoms with E-state index in [-0.39, 0.29) is 5.92 Å². The molecular formula is C7H11NO. The molecule has 1 fully saturated rings. The Hall–Kier alpha value is -0.550. The average molecular weight is 125 g/mol. The van der Waals surface area contributed by atoms with Crippen LogP contribution in [0.25, 0.3) is 0 Å². The highest BCUT2D eigenvalue weighted by atomic mass is 16.3. The molecule has 0 radical (unpaired) electrons. The summed E-state index contributed by atoms with van der Waals surface area (Å²) in [6.07, 6.45) is 3.74. The zero-order valence-electron chi connectivity index (χ0n) is 5.38. The van der Waals surface area contributed by atoms with Crippen molar-refractivity contribution in [1.29, 1.82) is 5.26 Å². The molecule has 0 aromatic rings. The molecule has 2 heteroatoms. The minimum absolute atomic E-state index is 0.273. The maximum Gasteiger partial charge on any atom is 0.143 e. The lowest BCUT2D eigenvalue weighted by Gasteiger charge is -2.07. The predicted octanol–water partition coefficient (Wildman–Crippen LogP) is 1.06. The second-order valence-electron chi connectivity index (χ2n) is 2.62. The summed E-state index contributed by atoms with van der Waals surface area (Å²) in [4.78, 5) is 0. The Morgan fingerprint density at radius 1 is 1.44 bits per heavy atom. The SMILES string of the molecule is N#C[C@H](O)C1CCCC1. The molecule has 50 valence electrons. The van der Waals surface area contributed by atoms with Crippen molar-refractivity contribution in [2.75, 3.05) is 0 Å². The van der Waals surface area contributed by atoms with Crippen LogP contribution in [0.5, 0.6) is 0 Å². The van der Waals surface area contributed by atoms with E-state index in [1.54, 1.807) is 0 Å². The van der Waals surface area contributed by atoms with Gasteiger partial charge in [-0.1, -0.05) is 12.8 Å². The van der Waals surface area contributed by atoms with E-state index in [0.29, 0.717) is 0 Å². The molecule has 1 N–H and O–H groups in total. The van der Waals surface area contributed by atoms with Crippen molar-refractivity contribution < 1.29 is 5.11 Å². The number of hydrogen-bond donors (Lipinski definition) is 1. The van der Waals surface area contributed by atoms with Gasteiger partial charge in [0.05, 0.1) is 6.07 Å². The number of nitriles is 1. The van der Waals surface area contributed by atoms with Crippen molar-refractivity contribution in [3.8, 4) is 6.07 Å². The van der Waals surface area contributed by atoms with Gasteiger partial charge in [0.15, 0.2) is 0 Å². The summed E-state index contributed by atoms with van der Waals surface area (Å²) < 4.78 is 0. The van der Waals surface area contributed by atoms with Gasteiger partial charge in [0.1, 0.15) is 6.10 Å². The fraction of sp³-hybridized carbons (Fsp3) is 0.857. The van der Waals surface area contributed by atoms with E-state index in [1.807, 2.05) is 6.07 Å². The Labute approximate surface area is 55.1 Å².